The molecule has 3 amide bonds. The first-order valence-electron chi connectivity index (χ1n) is 29.3. The molecule has 0 atom stereocenters. The van der Waals surface area contributed by atoms with E-state index >= 15 is 0 Å². The predicted octanol–water partition coefficient (Wildman–Crippen LogP) is 13.0. The van der Waals surface area contributed by atoms with Crippen LogP contribution in [0.5, 0.6) is 11.5 Å². The average Bonchev–Trinajstić information content (AvgIpc) is 3.96. The van der Waals surface area contributed by atoms with Crippen LogP contribution in [0, 0.1) is 6.92 Å². The van der Waals surface area contributed by atoms with Gasteiger partial charge < -0.3 is 48.7 Å². The first-order chi connectivity index (χ1) is 38.4. The maximum absolute atomic E-state index is 13.8. The van der Waals surface area contributed by atoms with Gasteiger partial charge in [-0.05, 0) is 99.7 Å². The highest BCUT2D eigenvalue weighted by Crippen LogP contribution is 2.44. The SMILES string of the molecule is COc1cc(OCCCC(=O)NCc2ccc(C)cc2)ccc1CN(CCCOCCOCCOCCCNC(=O)OCC1c2ccccc2-c2ccccc21)C(=O)CCCCCCCCCCCCCCC(=O)OC(C)(C)C. The highest BCUT2D eigenvalue weighted by atomic mass is 16.6. The number of unbranched alkanes of at least 4 members (excludes halogenated alkanes) is 11. The lowest BCUT2D eigenvalue weighted by Crippen LogP contribution is -2.32. The topological polar surface area (TPSA) is 160 Å². The van der Waals surface area contributed by atoms with Crippen molar-refractivity contribution in [3.63, 3.8) is 0 Å². The molecule has 14 nitrogen and oxygen atoms in total. The molecular weight excluding hydrogens is 999 g/mol. The second kappa shape index (κ2) is 37.1. The van der Waals surface area contributed by atoms with Crippen LogP contribution in [-0.2, 0) is 51.2 Å². The van der Waals surface area contributed by atoms with E-state index in [2.05, 4.69) is 34.9 Å². The van der Waals surface area contributed by atoms with Gasteiger partial charge in [-0.2, -0.15) is 0 Å². The number of nitrogens with one attached hydrogen (secondary N) is 2. The summed E-state index contributed by atoms with van der Waals surface area (Å²) in [7, 11) is 1.63. The normalized spacial score (nSPS) is 11.9. The molecule has 2 N–H and O–H groups in total. The third kappa shape index (κ3) is 25.8. The van der Waals surface area contributed by atoms with Gasteiger partial charge in [-0.15, -0.1) is 0 Å². The molecule has 0 spiro atoms. The number of aryl methyl sites for hydroxylation is 1. The standard InChI is InChI=1S/C65H93N3O11/c1-51-32-34-52(35-33-51)48-67-61(69)29-22-42-77-54-37-36-53(60(47-54)73-5)49-68(62(70)30-16-14-12-10-8-6-7-9-11-13-15-17-31-63(71)79-65(2,3)4)39-24-41-75-44-46-76-45-43-74-40-23-38-66-64(72)78-50-59-57-27-20-18-25-55(57)56-26-19-21-28-58(56)59/h18-21,25-28,32-37,47,59H,6-17,22-24,29-31,38-46,48-50H2,1-5H3,(H,66,72)(H,67,69). The van der Waals surface area contributed by atoms with Gasteiger partial charge in [0.2, 0.25) is 11.8 Å². The summed E-state index contributed by atoms with van der Waals surface area (Å²) < 4.78 is 40.2. The first-order valence-corrected chi connectivity index (χ1v) is 29.3. The van der Waals surface area contributed by atoms with E-state index in [1.54, 1.807) is 7.11 Å². The highest BCUT2D eigenvalue weighted by molar-refractivity contribution is 5.79. The number of ether oxygens (including phenoxy) is 7. The first kappa shape index (κ1) is 63.9. The molecule has 0 aliphatic heterocycles. The molecule has 4 aromatic rings. The van der Waals surface area contributed by atoms with E-state index in [9.17, 15) is 19.2 Å². The van der Waals surface area contributed by atoms with Crippen molar-refractivity contribution in [3.05, 3.63) is 119 Å². The molecule has 434 valence electrons. The predicted molar refractivity (Wildman–Crippen MR) is 311 cm³/mol. The Kier molecular flexibility index (Phi) is 30.0. The van der Waals surface area contributed by atoms with E-state index in [1.807, 2.05) is 99.3 Å². The monoisotopic (exact) mass is 1090 g/mol. The van der Waals surface area contributed by atoms with Gasteiger partial charge in [0, 0.05) is 76.2 Å². The van der Waals surface area contributed by atoms with Crippen LogP contribution in [0.4, 0.5) is 4.79 Å². The highest BCUT2D eigenvalue weighted by Gasteiger charge is 2.29. The molecule has 0 aromatic heterocycles. The Bertz CT molecular complexity index is 2340. The summed E-state index contributed by atoms with van der Waals surface area (Å²) in [6.07, 6.45) is 16.3. The fourth-order valence-electron chi connectivity index (χ4n) is 9.64. The number of fused-ring (bicyclic) bond motifs is 3. The summed E-state index contributed by atoms with van der Waals surface area (Å²) in [4.78, 5) is 52.6. The van der Waals surface area contributed by atoms with Crippen LogP contribution < -0.4 is 20.1 Å². The Labute approximate surface area is 472 Å². The van der Waals surface area contributed by atoms with Crippen LogP contribution in [-0.4, -0.2) is 107 Å². The Morgan fingerprint density at radius 2 is 1.15 bits per heavy atom. The van der Waals surface area contributed by atoms with Gasteiger partial charge in [-0.25, -0.2) is 4.79 Å². The lowest BCUT2D eigenvalue weighted by molar-refractivity contribution is -0.155. The third-order valence-electron chi connectivity index (χ3n) is 13.9. The largest absolute Gasteiger partial charge is 0.496 e. The van der Waals surface area contributed by atoms with Gasteiger partial charge in [-0.3, -0.25) is 14.4 Å². The Morgan fingerprint density at radius 3 is 1.76 bits per heavy atom. The molecular formula is C65H93N3O11. The van der Waals surface area contributed by atoms with Crippen LogP contribution in [0.2, 0.25) is 0 Å². The summed E-state index contributed by atoms with van der Waals surface area (Å²) in [5, 5.41) is 5.81. The lowest BCUT2D eigenvalue weighted by Gasteiger charge is -2.24. The molecule has 0 saturated heterocycles. The number of methoxy groups -OCH3 is 1. The van der Waals surface area contributed by atoms with E-state index in [1.165, 1.54) is 66.3 Å². The Balaban J connectivity index is 0.931. The van der Waals surface area contributed by atoms with Crippen molar-refractivity contribution in [2.75, 3.05) is 73.1 Å². The number of hydrogen-bond acceptors (Lipinski definition) is 11. The average molecular weight is 1090 g/mol. The molecule has 0 fully saturated rings. The van der Waals surface area contributed by atoms with Crippen LogP contribution >= 0.6 is 0 Å². The lowest BCUT2D eigenvalue weighted by atomic mass is 9.98. The van der Waals surface area contributed by atoms with Crippen molar-refractivity contribution in [3.8, 4) is 22.6 Å². The minimum absolute atomic E-state index is 0.0148. The maximum Gasteiger partial charge on any atom is 0.407 e. The molecule has 0 saturated carbocycles. The molecule has 5 rings (SSSR count). The second-order valence-corrected chi connectivity index (χ2v) is 21.6. The maximum atomic E-state index is 13.8. The number of carbonyl (C=O) groups excluding carboxylic acids is 4. The number of carbonyl (C=O) groups is 4. The number of alkyl carbamates (subject to hydrolysis) is 1. The van der Waals surface area contributed by atoms with Crippen LogP contribution in [0.15, 0.2) is 91.0 Å². The zero-order valence-corrected chi connectivity index (χ0v) is 48.4. The van der Waals surface area contributed by atoms with Crippen molar-refractivity contribution < 1.29 is 52.3 Å². The Morgan fingerprint density at radius 1 is 0.582 bits per heavy atom. The number of amides is 3. The summed E-state index contributed by atoms with van der Waals surface area (Å²) in [6, 6.07) is 30.4. The van der Waals surface area contributed by atoms with E-state index in [0.29, 0.717) is 122 Å². The quantitative estimate of drug-likeness (QED) is 0.0322. The van der Waals surface area contributed by atoms with Gasteiger partial charge in [0.25, 0.3) is 0 Å². The molecule has 0 heterocycles. The third-order valence-corrected chi connectivity index (χ3v) is 13.9. The fraction of sp³-hybridized carbons (Fsp3) is 0.569. The summed E-state index contributed by atoms with van der Waals surface area (Å²) in [5.74, 6) is 1.32. The van der Waals surface area contributed by atoms with Crippen LogP contribution in [0.3, 0.4) is 0 Å². The summed E-state index contributed by atoms with van der Waals surface area (Å²) >= 11 is 0. The van der Waals surface area contributed by atoms with Gasteiger partial charge in [0.05, 0.1) is 40.1 Å². The minimum Gasteiger partial charge on any atom is -0.496 e. The van der Waals surface area contributed by atoms with Crippen LogP contribution in [0.1, 0.15) is 170 Å². The number of esters is 1. The minimum atomic E-state index is -0.430. The van der Waals surface area contributed by atoms with Crippen molar-refractivity contribution >= 4 is 23.9 Å². The number of benzene rings is 4. The van der Waals surface area contributed by atoms with Crippen molar-refractivity contribution in [2.24, 2.45) is 0 Å². The van der Waals surface area contributed by atoms with E-state index in [-0.39, 0.29) is 30.3 Å². The van der Waals surface area contributed by atoms with Gasteiger partial charge in [0.1, 0.15) is 23.7 Å². The van der Waals surface area contributed by atoms with E-state index in [4.69, 9.17) is 33.2 Å². The molecule has 14 heteroatoms. The molecule has 1 aliphatic rings. The van der Waals surface area contributed by atoms with Crippen molar-refractivity contribution in [2.45, 2.75) is 168 Å². The van der Waals surface area contributed by atoms with Crippen molar-refractivity contribution in [1.29, 1.82) is 0 Å². The second-order valence-electron chi connectivity index (χ2n) is 21.6. The summed E-state index contributed by atoms with van der Waals surface area (Å²) in [6.45, 7) is 13.0. The van der Waals surface area contributed by atoms with E-state index < -0.39 is 11.7 Å². The van der Waals surface area contributed by atoms with Gasteiger partial charge in [0.15, 0.2) is 0 Å². The molecule has 79 heavy (non-hydrogen) atoms. The molecule has 1 aliphatic carbocycles. The fourth-order valence-corrected chi connectivity index (χ4v) is 9.64. The number of hydrogen-bond donors (Lipinski definition) is 2. The van der Waals surface area contributed by atoms with Gasteiger partial charge >= 0.3 is 12.1 Å². The number of nitrogens with zero attached hydrogens (tertiary/aromatic N) is 1. The van der Waals surface area contributed by atoms with Crippen LogP contribution in [0.25, 0.3) is 11.1 Å². The summed E-state index contributed by atoms with van der Waals surface area (Å²) in [5.41, 5.74) is 7.49. The molecule has 0 bridgehead atoms. The zero-order chi connectivity index (χ0) is 56.3. The van der Waals surface area contributed by atoms with Gasteiger partial charge in [-0.1, -0.05) is 143 Å². The zero-order valence-electron chi connectivity index (χ0n) is 48.4. The van der Waals surface area contributed by atoms with E-state index in [0.717, 1.165) is 49.7 Å². The van der Waals surface area contributed by atoms with Crippen molar-refractivity contribution in [1.82, 2.24) is 15.5 Å². The smallest absolute Gasteiger partial charge is 0.407 e. The molecule has 0 unspecified atom stereocenters. The number of rotatable bonds is 41. The molecule has 0 radical (unpaired) electrons. The Hall–Kier alpha value is -5.96. The molecule has 4 aromatic carbocycles.